The van der Waals surface area contributed by atoms with Crippen LogP contribution in [-0.4, -0.2) is 21.4 Å². The highest BCUT2D eigenvalue weighted by molar-refractivity contribution is 5.59. The minimum atomic E-state index is -0.782. The van der Waals surface area contributed by atoms with E-state index in [1.54, 1.807) is 18.2 Å². The molecule has 0 radical (unpaired) electrons. The van der Waals surface area contributed by atoms with E-state index in [1.807, 2.05) is 48.5 Å². The van der Waals surface area contributed by atoms with Crippen molar-refractivity contribution in [2.24, 2.45) is 5.92 Å². The van der Waals surface area contributed by atoms with Crippen LogP contribution in [0.1, 0.15) is 43.4 Å². The number of phenolic OH excluding ortho intramolecular Hbond substituents is 1. The molecule has 0 aromatic heterocycles. The summed E-state index contributed by atoms with van der Waals surface area (Å²) in [6.45, 7) is 5.85. The molecule has 0 fully saturated rings. The van der Waals surface area contributed by atoms with Gasteiger partial charge in [-0.3, -0.25) is 0 Å². The van der Waals surface area contributed by atoms with Crippen LogP contribution in [0.5, 0.6) is 5.75 Å². The Morgan fingerprint density at radius 2 is 1.69 bits per heavy atom. The highest BCUT2D eigenvalue weighted by Crippen LogP contribution is 2.29. The lowest BCUT2D eigenvalue weighted by atomic mass is 9.87. The van der Waals surface area contributed by atoms with E-state index < -0.39 is 18.1 Å². The van der Waals surface area contributed by atoms with E-state index in [4.69, 9.17) is 0 Å². The topological polar surface area (TPSA) is 60.7 Å². The molecule has 0 amide bonds. The van der Waals surface area contributed by atoms with E-state index in [-0.39, 0.29) is 5.75 Å². The van der Waals surface area contributed by atoms with Gasteiger partial charge in [0, 0.05) is 11.5 Å². The molecule has 2 aromatic rings. The predicted octanol–water partition coefficient (Wildman–Crippen LogP) is 4.86. The van der Waals surface area contributed by atoms with Gasteiger partial charge >= 0.3 is 0 Å². The maximum absolute atomic E-state index is 10.6. The van der Waals surface area contributed by atoms with Crippen LogP contribution in [0.4, 0.5) is 0 Å². The highest BCUT2D eigenvalue weighted by atomic mass is 16.3. The van der Waals surface area contributed by atoms with Gasteiger partial charge in [0.15, 0.2) is 0 Å². The van der Waals surface area contributed by atoms with Crippen LogP contribution in [0.3, 0.4) is 0 Å². The zero-order valence-electron chi connectivity index (χ0n) is 15.3. The summed E-state index contributed by atoms with van der Waals surface area (Å²) < 4.78 is 0. The number of rotatable bonds is 9. The number of phenols is 1. The first-order chi connectivity index (χ1) is 12.6. The number of allylic oxidation sites excluding steroid dienone is 1. The van der Waals surface area contributed by atoms with Gasteiger partial charge in [0.25, 0.3) is 0 Å². The lowest BCUT2D eigenvalue weighted by Gasteiger charge is -2.25. The van der Waals surface area contributed by atoms with Crippen molar-refractivity contribution in [2.75, 3.05) is 0 Å². The molecule has 0 bridgehead atoms. The van der Waals surface area contributed by atoms with Gasteiger partial charge in [-0.2, -0.15) is 0 Å². The molecule has 2 rings (SSSR count). The average molecular weight is 352 g/mol. The molecule has 0 unspecified atom stereocenters. The van der Waals surface area contributed by atoms with Crippen molar-refractivity contribution in [3.05, 3.63) is 84.0 Å². The minimum absolute atomic E-state index is 0.252. The van der Waals surface area contributed by atoms with Crippen molar-refractivity contribution < 1.29 is 15.3 Å². The van der Waals surface area contributed by atoms with Crippen molar-refractivity contribution >= 4 is 6.08 Å². The molecule has 3 N–H and O–H groups in total. The van der Waals surface area contributed by atoms with E-state index >= 15 is 0 Å². The molecular formula is C23H28O3. The molecule has 26 heavy (non-hydrogen) atoms. The second kappa shape index (κ2) is 9.95. The van der Waals surface area contributed by atoms with E-state index in [2.05, 4.69) is 13.5 Å². The number of hydrogen-bond donors (Lipinski definition) is 3. The monoisotopic (exact) mass is 352 g/mol. The van der Waals surface area contributed by atoms with Crippen LogP contribution in [0.15, 0.2) is 72.8 Å². The normalized spacial score (nSPS) is 15.3. The van der Waals surface area contributed by atoms with Crippen LogP contribution < -0.4 is 0 Å². The minimum Gasteiger partial charge on any atom is -0.507 e. The van der Waals surface area contributed by atoms with Crippen LogP contribution in [-0.2, 0) is 0 Å². The van der Waals surface area contributed by atoms with Crippen molar-refractivity contribution in [3.63, 3.8) is 0 Å². The molecule has 138 valence electrons. The summed E-state index contributed by atoms with van der Waals surface area (Å²) in [7, 11) is 0. The maximum atomic E-state index is 10.6. The third-order valence-corrected chi connectivity index (χ3v) is 4.73. The highest BCUT2D eigenvalue weighted by Gasteiger charge is 2.25. The summed E-state index contributed by atoms with van der Waals surface area (Å²) in [5.74, 6) is -0.178. The van der Waals surface area contributed by atoms with E-state index in [9.17, 15) is 15.3 Å². The van der Waals surface area contributed by atoms with Crippen molar-refractivity contribution in [3.8, 4) is 5.75 Å². The molecular weight excluding hydrogens is 324 g/mol. The first-order valence-corrected chi connectivity index (χ1v) is 9.07. The average Bonchev–Trinajstić information content (AvgIpc) is 2.67. The van der Waals surface area contributed by atoms with Crippen molar-refractivity contribution in [2.45, 2.75) is 38.4 Å². The Bertz CT molecular complexity index is 721. The third-order valence-electron chi connectivity index (χ3n) is 4.73. The second-order valence-electron chi connectivity index (χ2n) is 6.49. The number of hydrogen-bond acceptors (Lipinski definition) is 3. The van der Waals surface area contributed by atoms with Crippen LogP contribution in [0.2, 0.25) is 0 Å². The fourth-order valence-corrected chi connectivity index (χ4v) is 3.08. The zero-order chi connectivity index (χ0) is 18.9. The van der Waals surface area contributed by atoms with Gasteiger partial charge < -0.3 is 15.3 Å². The number of aromatic hydroxyl groups is 1. The Morgan fingerprint density at radius 1 is 1.04 bits per heavy atom. The molecule has 0 spiro atoms. The number of aliphatic hydroxyl groups excluding tert-OH is 2. The van der Waals surface area contributed by atoms with Gasteiger partial charge in [-0.1, -0.05) is 73.2 Å². The van der Waals surface area contributed by atoms with Crippen LogP contribution in [0, 0.1) is 5.92 Å². The summed E-state index contributed by atoms with van der Waals surface area (Å²) in [4.78, 5) is 0. The summed E-state index contributed by atoms with van der Waals surface area (Å²) in [6.07, 6.45) is 4.17. The van der Waals surface area contributed by atoms with Crippen molar-refractivity contribution in [1.29, 1.82) is 0 Å². The van der Waals surface area contributed by atoms with E-state index in [1.165, 1.54) is 0 Å². The standard InChI is InChI=1S/C23H28O3/c1-3-17(16-19-12-8-9-13-21(19)24)14-15-22(25)20(4-2)23(26)18-10-6-5-7-11-18/h4-13,16,20,22-26H,2-3,14-15H2,1H3/b17-16+/t20-,22-,23-/m1/s1. The summed E-state index contributed by atoms with van der Waals surface area (Å²) in [5.41, 5.74) is 2.70. The van der Waals surface area contributed by atoms with Gasteiger partial charge in [0.05, 0.1) is 12.2 Å². The van der Waals surface area contributed by atoms with Gasteiger partial charge in [-0.05, 0) is 30.9 Å². The molecule has 3 atom stereocenters. The fourth-order valence-electron chi connectivity index (χ4n) is 3.08. The van der Waals surface area contributed by atoms with E-state index in [0.29, 0.717) is 12.8 Å². The summed E-state index contributed by atoms with van der Waals surface area (Å²) in [6, 6.07) is 16.6. The predicted molar refractivity (Wildman–Crippen MR) is 107 cm³/mol. The van der Waals surface area contributed by atoms with Crippen molar-refractivity contribution in [1.82, 2.24) is 0 Å². The molecule has 0 heterocycles. The SMILES string of the molecule is C=C[C@H]([C@H](O)CC/C(=C/c1ccccc1O)CC)[C@H](O)c1ccccc1. The molecule has 3 nitrogen and oxygen atoms in total. The Morgan fingerprint density at radius 3 is 2.31 bits per heavy atom. The maximum Gasteiger partial charge on any atom is 0.122 e. The lowest BCUT2D eigenvalue weighted by Crippen LogP contribution is -2.25. The molecule has 0 saturated carbocycles. The number of aliphatic hydroxyl groups is 2. The van der Waals surface area contributed by atoms with Gasteiger partial charge in [-0.25, -0.2) is 0 Å². The molecule has 3 heteroatoms. The number of benzene rings is 2. The molecule has 0 aliphatic carbocycles. The van der Waals surface area contributed by atoms with Gasteiger partial charge in [0.1, 0.15) is 5.75 Å². The fraction of sp³-hybridized carbons (Fsp3) is 0.304. The van der Waals surface area contributed by atoms with Crippen LogP contribution in [0.25, 0.3) is 6.08 Å². The smallest absolute Gasteiger partial charge is 0.122 e. The molecule has 0 aliphatic heterocycles. The first-order valence-electron chi connectivity index (χ1n) is 9.07. The Hall–Kier alpha value is -2.36. The van der Waals surface area contributed by atoms with E-state index in [0.717, 1.165) is 23.1 Å². The Balaban J connectivity index is 2.04. The Labute approximate surface area is 156 Å². The zero-order valence-corrected chi connectivity index (χ0v) is 15.3. The number of para-hydroxylation sites is 1. The summed E-state index contributed by atoms with van der Waals surface area (Å²) >= 11 is 0. The molecule has 0 aliphatic rings. The van der Waals surface area contributed by atoms with Gasteiger partial charge in [-0.15, -0.1) is 6.58 Å². The quantitative estimate of drug-likeness (QED) is 0.565. The molecule has 2 aromatic carbocycles. The first kappa shape index (κ1) is 20.0. The largest absolute Gasteiger partial charge is 0.507 e. The molecule has 0 saturated heterocycles. The second-order valence-corrected chi connectivity index (χ2v) is 6.49. The van der Waals surface area contributed by atoms with Crippen LogP contribution >= 0.6 is 0 Å². The third kappa shape index (κ3) is 5.32. The summed E-state index contributed by atoms with van der Waals surface area (Å²) in [5, 5.41) is 31.1. The van der Waals surface area contributed by atoms with Gasteiger partial charge in [0.2, 0.25) is 0 Å². The Kier molecular flexibility index (Phi) is 7.64. The lowest BCUT2D eigenvalue weighted by molar-refractivity contribution is 0.0318.